The quantitative estimate of drug-likeness (QED) is 0.657. The number of fused-ring (bicyclic) bond motifs is 1. The molecule has 1 aromatic rings. The van der Waals surface area contributed by atoms with Gasteiger partial charge >= 0.3 is 0 Å². The Kier molecular flexibility index (Phi) is 1.81. The molecule has 12 heavy (non-hydrogen) atoms. The Morgan fingerprint density at radius 3 is 2.58 bits per heavy atom. The highest BCUT2D eigenvalue weighted by molar-refractivity contribution is 6.30. The Morgan fingerprint density at radius 2 is 1.92 bits per heavy atom. The van der Waals surface area contributed by atoms with E-state index in [4.69, 9.17) is 17.3 Å². The lowest BCUT2D eigenvalue weighted by molar-refractivity contribution is 0.626. The van der Waals surface area contributed by atoms with Crippen molar-refractivity contribution < 1.29 is 4.39 Å². The molecular weight excluding hydrogens is 177 g/mol. The molecule has 0 amide bonds. The highest BCUT2D eigenvalue weighted by Gasteiger charge is 2.19. The summed E-state index contributed by atoms with van der Waals surface area (Å²) in [4.78, 5) is 0. The molecule has 2 rings (SSSR count). The predicted molar refractivity (Wildman–Crippen MR) is 46.8 cm³/mol. The molecule has 1 atom stereocenters. The molecule has 2 N–H and O–H groups in total. The molecule has 0 aliphatic heterocycles. The fourth-order valence-corrected chi connectivity index (χ4v) is 1.83. The molecule has 0 radical (unpaired) electrons. The summed E-state index contributed by atoms with van der Waals surface area (Å²) in [6, 6.07) is 3.31. The Morgan fingerprint density at radius 1 is 1.33 bits per heavy atom. The smallest absolute Gasteiger partial charge is 0.142 e. The maximum atomic E-state index is 12.9. The van der Waals surface area contributed by atoms with Crippen LogP contribution in [0, 0.1) is 5.82 Å². The van der Waals surface area contributed by atoms with Gasteiger partial charge in [0.2, 0.25) is 0 Å². The van der Waals surface area contributed by atoms with Crippen molar-refractivity contribution in [2.24, 2.45) is 5.73 Å². The molecule has 1 unspecified atom stereocenters. The van der Waals surface area contributed by atoms with Crippen LogP contribution in [-0.4, -0.2) is 6.04 Å². The minimum absolute atomic E-state index is 0.137. The Labute approximate surface area is 75.3 Å². The van der Waals surface area contributed by atoms with Gasteiger partial charge in [0.1, 0.15) is 5.82 Å². The van der Waals surface area contributed by atoms with Crippen molar-refractivity contribution in [1.29, 1.82) is 0 Å². The summed E-state index contributed by atoms with van der Waals surface area (Å²) in [7, 11) is 0. The number of hydrogen-bond donors (Lipinski definition) is 1. The van der Waals surface area contributed by atoms with E-state index in [0.717, 1.165) is 24.0 Å². The standard InChI is InChI=1S/C9H9ClFN/c10-8-3-5-1-7(12)2-6(5)4-9(8)11/h3-4,7H,1-2,12H2. The van der Waals surface area contributed by atoms with E-state index in [-0.39, 0.29) is 16.9 Å². The molecule has 0 saturated heterocycles. The van der Waals surface area contributed by atoms with Crippen LogP contribution in [0.5, 0.6) is 0 Å². The van der Waals surface area contributed by atoms with Crippen LogP contribution in [0.4, 0.5) is 4.39 Å². The molecule has 1 nitrogen and oxygen atoms in total. The molecule has 1 aromatic carbocycles. The van der Waals surface area contributed by atoms with Crippen LogP contribution in [0.3, 0.4) is 0 Å². The normalized spacial score (nSPS) is 21.1. The first-order chi connectivity index (χ1) is 5.66. The average molecular weight is 186 g/mol. The first-order valence-corrected chi connectivity index (χ1v) is 4.27. The van der Waals surface area contributed by atoms with E-state index >= 15 is 0 Å². The van der Waals surface area contributed by atoms with Crippen LogP contribution in [0.15, 0.2) is 12.1 Å². The Hall–Kier alpha value is -0.600. The molecule has 1 aliphatic carbocycles. The van der Waals surface area contributed by atoms with Gasteiger partial charge in [-0.2, -0.15) is 0 Å². The zero-order valence-corrected chi connectivity index (χ0v) is 7.24. The molecule has 3 heteroatoms. The predicted octanol–water partition coefficient (Wildman–Crippen LogP) is 1.91. The van der Waals surface area contributed by atoms with Gasteiger partial charge in [0.05, 0.1) is 5.02 Å². The first-order valence-electron chi connectivity index (χ1n) is 3.89. The molecular formula is C9H9ClFN. The highest BCUT2D eigenvalue weighted by Crippen LogP contribution is 2.26. The van der Waals surface area contributed by atoms with Crippen LogP contribution >= 0.6 is 11.6 Å². The third kappa shape index (κ3) is 1.21. The van der Waals surface area contributed by atoms with Gasteiger partial charge in [-0.3, -0.25) is 0 Å². The van der Waals surface area contributed by atoms with Gasteiger partial charge in [0.25, 0.3) is 0 Å². The second-order valence-electron chi connectivity index (χ2n) is 3.20. The van der Waals surface area contributed by atoms with Gasteiger partial charge in [-0.15, -0.1) is 0 Å². The summed E-state index contributed by atoms with van der Waals surface area (Å²) in [5.74, 6) is -0.343. The minimum Gasteiger partial charge on any atom is -0.327 e. The zero-order chi connectivity index (χ0) is 8.72. The summed E-state index contributed by atoms with van der Waals surface area (Å²) in [6.45, 7) is 0. The number of halogens is 2. The lowest BCUT2D eigenvalue weighted by Crippen LogP contribution is -2.18. The highest BCUT2D eigenvalue weighted by atomic mass is 35.5. The lowest BCUT2D eigenvalue weighted by atomic mass is 10.1. The van der Waals surface area contributed by atoms with E-state index < -0.39 is 0 Å². The molecule has 0 bridgehead atoms. The molecule has 64 valence electrons. The maximum absolute atomic E-state index is 12.9. The van der Waals surface area contributed by atoms with Crippen molar-refractivity contribution in [1.82, 2.24) is 0 Å². The monoisotopic (exact) mass is 185 g/mol. The van der Waals surface area contributed by atoms with Gasteiger partial charge in [-0.25, -0.2) is 4.39 Å². The molecule has 0 aromatic heterocycles. The largest absolute Gasteiger partial charge is 0.327 e. The van der Waals surface area contributed by atoms with E-state index in [9.17, 15) is 4.39 Å². The summed E-state index contributed by atoms with van der Waals surface area (Å²) in [6.07, 6.45) is 1.58. The second kappa shape index (κ2) is 2.71. The minimum atomic E-state index is -0.343. The van der Waals surface area contributed by atoms with E-state index in [1.54, 1.807) is 6.07 Å². The van der Waals surface area contributed by atoms with Gasteiger partial charge in [-0.1, -0.05) is 11.6 Å². The Bertz CT molecular complexity index is 294. The van der Waals surface area contributed by atoms with E-state index in [2.05, 4.69) is 0 Å². The molecule has 1 aliphatic rings. The van der Waals surface area contributed by atoms with Crippen LogP contribution in [-0.2, 0) is 12.8 Å². The summed E-state index contributed by atoms with van der Waals surface area (Å²) in [5.41, 5.74) is 7.82. The SMILES string of the molecule is NC1Cc2cc(F)c(Cl)cc2C1. The van der Waals surface area contributed by atoms with Crippen molar-refractivity contribution in [2.45, 2.75) is 18.9 Å². The van der Waals surface area contributed by atoms with E-state index in [1.165, 1.54) is 6.07 Å². The number of hydrogen-bond acceptors (Lipinski definition) is 1. The van der Waals surface area contributed by atoms with Crippen molar-refractivity contribution in [2.75, 3.05) is 0 Å². The van der Waals surface area contributed by atoms with Gasteiger partial charge in [-0.05, 0) is 36.1 Å². The summed E-state index contributed by atoms with van der Waals surface area (Å²) >= 11 is 5.62. The van der Waals surface area contributed by atoms with Gasteiger partial charge < -0.3 is 5.73 Å². The van der Waals surface area contributed by atoms with Crippen LogP contribution in [0.25, 0.3) is 0 Å². The fourth-order valence-electron chi connectivity index (χ4n) is 1.65. The summed E-state index contributed by atoms with van der Waals surface area (Å²) < 4.78 is 12.9. The topological polar surface area (TPSA) is 26.0 Å². The van der Waals surface area contributed by atoms with Crippen molar-refractivity contribution >= 4 is 11.6 Å². The van der Waals surface area contributed by atoms with Gasteiger partial charge in [0, 0.05) is 6.04 Å². The number of benzene rings is 1. The van der Waals surface area contributed by atoms with E-state index in [0.29, 0.717) is 0 Å². The van der Waals surface area contributed by atoms with Crippen LogP contribution in [0.2, 0.25) is 5.02 Å². The van der Waals surface area contributed by atoms with Crippen molar-refractivity contribution in [3.05, 3.63) is 34.1 Å². The fraction of sp³-hybridized carbons (Fsp3) is 0.333. The van der Waals surface area contributed by atoms with Gasteiger partial charge in [0.15, 0.2) is 0 Å². The van der Waals surface area contributed by atoms with Crippen molar-refractivity contribution in [3.8, 4) is 0 Å². The second-order valence-corrected chi connectivity index (χ2v) is 3.61. The molecule has 0 spiro atoms. The third-order valence-electron chi connectivity index (χ3n) is 2.21. The van der Waals surface area contributed by atoms with Crippen LogP contribution < -0.4 is 5.73 Å². The lowest BCUT2D eigenvalue weighted by Gasteiger charge is -1.99. The van der Waals surface area contributed by atoms with Crippen molar-refractivity contribution in [3.63, 3.8) is 0 Å². The molecule has 0 saturated carbocycles. The molecule has 0 heterocycles. The maximum Gasteiger partial charge on any atom is 0.142 e. The number of rotatable bonds is 0. The third-order valence-corrected chi connectivity index (χ3v) is 2.50. The van der Waals surface area contributed by atoms with Crippen LogP contribution in [0.1, 0.15) is 11.1 Å². The first kappa shape index (κ1) is 8.02. The molecule has 0 fully saturated rings. The Balaban J connectivity index is 2.48. The number of nitrogens with two attached hydrogens (primary N) is 1. The van der Waals surface area contributed by atoms with E-state index in [1.807, 2.05) is 0 Å². The summed E-state index contributed by atoms with van der Waals surface area (Å²) in [5, 5.41) is 0.197. The zero-order valence-electron chi connectivity index (χ0n) is 6.48. The average Bonchev–Trinajstić information content (AvgIpc) is 2.30.